The van der Waals surface area contributed by atoms with Gasteiger partial charge < -0.3 is 19.3 Å². The molecule has 11 nitrogen and oxygen atoms in total. The van der Waals surface area contributed by atoms with Crippen molar-refractivity contribution in [2.24, 2.45) is 0 Å². The normalized spacial score (nSPS) is 18.8. The molecule has 12 heteroatoms. The third-order valence-corrected chi connectivity index (χ3v) is 8.25. The van der Waals surface area contributed by atoms with E-state index in [9.17, 15) is 4.79 Å². The topological polar surface area (TPSA) is 119 Å². The molecule has 2 fully saturated rings. The number of anilines is 2. The molecule has 0 aliphatic carbocycles. The average molecular weight is 560 g/mol. The van der Waals surface area contributed by atoms with Crippen LogP contribution in [0.15, 0.2) is 53.2 Å². The van der Waals surface area contributed by atoms with E-state index in [0.717, 1.165) is 46.3 Å². The Bertz CT molecular complexity index is 1700. The molecule has 0 spiro atoms. The molecule has 5 aromatic rings. The maximum Gasteiger partial charge on any atom is 0.324 e. The fourth-order valence-electron chi connectivity index (χ4n) is 4.87. The Labute approximate surface area is 234 Å². The standard InChI is InChI=1S/C28H29N7O4S/c1-28(2,3)22-12-23(33-39-22)31-26(36)29-17-6-4-16(5-7-17)18-13-35-19-8-9-24(32-25(19)40-27(35)30-18)37-11-10-34-14-21-20(34)15-38-21/h4-9,12-13,20-21H,10-11,14-15H2,1-3H3,(H2,29,31,33,36)/t20-,21?/m1/s1. The minimum Gasteiger partial charge on any atom is -0.476 e. The summed E-state index contributed by atoms with van der Waals surface area (Å²) in [5.74, 6) is 1.69. The molecular weight excluding hydrogens is 530 g/mol. The van der Waals surface area contributed by atoms with Crippen molar-refractivity contribution in [2.45, 2.75) is 38.3 Å². The molecule has 0 radical (unpaired) electrons. The fraction of sp³-hybridized carbons (Fsp3) is 0.357. The van der Waals surface area contributed by atoms with Gasteiger partial charge in [-0.25, -0.2) is 14.8 Å². The van der Waals surface area contributed by atoms with Gasteiger partial charge in [-0.05, 0) is 18.2 Å². The van der Waals surface area contributed by atoms with Crippen molar-refractivity contribution in [1.82, 2.24) is 24.4 Å². The number of carbonyl (C=O) groups excluding carboxylic acids is 1. The molecule has 2 aliphatic rings. The second-order valence-corrected chi connectivity index (χ2v) is 12.1. The molecule has 1 aromatic carbocycles. The van der Waals surface area contributed by atoms with Crippen LogP contribution in [0.25, 0.3) is 26.6 Å². The lowest BCUT2D eigenvalue weighted by atomic mass is 9.93. The zero-order valence-corrected chi connectivity index (χ0v) is 23.2. The zero-order valence-electron chi connectivity index (χ0n) is 22.4. The largest absolute Gasteiger partial charge is 0.476 e. The SMILES string of the molecule is CC(C)(C)c1cc(NC(=O)Nc2ccc(-c3cn4c(n3)sc3nc(OCCN5CC6OC[C@H]65)ccc34)cc2)no1. The van der Waals surface area contributed by atoms with Crippen LogP contribution >= 0.6 is 11.3 Å². The van der Waals surface area contributed by atoms with E-state index in [1.165, 1.54) is 11.3 Å². The molecule has 2 N–H and O–H groups in total. The highest BCUT2D eigenvalue weighted by atomic mass is 32.1. The van der Waals surface area contributed by atoms with Gasteiger partial charge in [-0.1, -0.05) is 49.4 Å². The van der Waals surface area contributed by atoms with Crippen LogP contribution < -0.4 is 15.4 Å². The molecule has 6 heterocycles. The number of fused-ring (bicyclic) bond motifs is 4. The third-order valence-electron chi connectivity index (χ3n) is 7.29. The molecule has 2 aliphatic heterocycles. The van der Waals surface area contributed by atoms with Crippen LogP contribution in [-0.4, -0.2) is 68.9 Å². The van der Waals surface area contributed by atoms with E-state index in [0.29, 0.717) is 41.9 Å². The predicted octanol–water partition coefficient (Wildman–Crippen LogP) is 5.00. The van der Waals surface area contributed by atoms with Gasteiger partial charge in [0, 0.05) is 48.1 Å². The van der Waals surface area contributed by atoms with Crippen LogP contribution in [0.5, 0.6) is 5.88 Å². The van der Waals surface area contributed by atoms with Crippen molar-refractivity contribution >= 4 is 44.2 Å². The number of rotatable bonds is 7. The molecule has 2 saturated heterocycles. The zero-order chi connectivity index (χ0) is 27.4. The van der Waals surface area contributed by atoms with Crippen molar-refractivity contribution in [2.75, 3.05) is 36.9 Å². The number of hydrogen-bond donors (Lipinski definition) is 2. The minimum atomic E-state index is -0.395. The van der Waals surface area contributed by atoms with Crippen LogP contribution in [0.3, 0.4) is 0 Å². The highest BCUT2D eigenvalue weighted by Gasteiger charge is 2.46. The van der Waals surface area contributed by atoms with E-state index >= 15 is 0 Å². The number of morpholine rings is 1. The number of likely N-dealkylation sites (tertiary alicyclic amines) is 1. The predicted molar refractivity (Wildman–Crippen MR) is 152 cm³/mol. The Morgan fingerprint density at radius 2 is 2.00 bits per heavy atom. The van der Waals surface area contributed by atoms with Crippen LogP contribution in [0.1, 0.15) is 26.5 Å². The van der Waals surface area contributed by atoms with Crippen LogP contribution in [0.4, 0.5) is 16.3 Å². The molecular formula is C28H29N7O4S. The summed E-state index contributed by atoms with van der Waals surface area (Å²) < 4.78 is 18.7. The van der Waals surface area contributed by atoms with E-state index < -0.39 is 6.03 Å². The van der Waals surface area contributed by atoms with E-state index in [2.05, 4.69) is 20.7 Å². The second-order valence-electron chi connectivity index (χ2n) is 11.1. The highest BCUT2D eigenvalue weighted by Crippen LogP contribution is 2.31. The molecule has 2 atom stereocenters. The number of benzene rings is 1. The number of amides is 2. The lowest BCUT2D eigenvalue weighted by molar-refractivity contribution is -0.215. The smallest absolute Gasteiger partial charge is 0.324 e. The monoisotopic (exact) mass is 559 g/mol. The third kappa shape index (κ3) is 4.67. The highest BCUT2D eigenvalue weighted by molar-refractivity contribution is 7.23. The quantitative estimate of drug-likeness (QED) is 0.286. The number of nitrogens with zero attached hydrogens (tertiary/aromatic N) is 5. The van der Waals surface area contributed by atoms with Gasteiger partial charge in [0.25, 0.3) is 0 Å². The van der Waals surface area contributed by atoms with Crippen molar-refractivity contribution < 1.29 is 18.8 Å². The van der Waals surface area contributed by atoms with Crippen LogP contribution in [0, 0.1) is 0 Å². The first-order valence-corrected chi connectivity index (χ1v) is 14.0. The van der Waals surface area contributed by atoms with E-state index in [1.807, 2.05) is 67.8 Å². The maximum atomic E-state index is 12.4. The Balaban J connectivity index is 0.980. The first kappa shape index (κ1) is 25.0. The van der Waals surface area contributed by atoms with E-state index in [4.69, 9.17) is 24.0 Å². The Kier molecular flexibility index (Phi) is 5.99. The molecule has 0 saturated carbocycles. The summed E-state index contributed by atoms with van der Waals surface area (Å²) in [7, 11) is 0. The summed E-state index contributed by atoms with van der Waals surface area (Å²) in [5, 5.41) is 9.44. The summed E-state index contributed by atoms with van der Waals surface area (Å²) >= 11 is 1.53. The molecule has 4 aromatic heterocycles. The number of nitrogens with one attached hydrogen (secondary N) is 2. The first-order valence-electron chi connectivity index (χ1n) is 13.2. The van der Waals surface area contributed by atoms with Gasteiger partial charge in [0.05, 0.1) is 30.0 Å². The average Bonchev–Trinajstić information content (AvgIpc) is 3.61. The van der Waals surface area contributed by atoms with E-state index in [1.54, 1.807) is 6.07 Å². The van der Waals surface area contributed by atoms with Crippen LogP contribution in [0.2, 0.25) is 0 Å². The van der Waals surface area contributed by atoms with E-state index in [-0.39, 0.29) is 5.41 Å². The Morgan fingerprint density at radius 3 is 2.70 bits per heavy atom. The number of ether oxygens (including phenoxy) is 2. The minimum absolute atomic E-state index is 0.190. The van der Waals surface area contributed by atoms with Gasteiger partial charge in [-0.3, -0.25) is 14.6 Å². The number of urea groups is 1. The van der Waals surface area contributed by atoms with Gasteiger partial charge in [0.1, 0.15) is 17.2 Å². The summed E-state index contributed by atoms with van der Waals surface area (Å²) in [4.78, 5) is 26.1. The van der Waals surface area contributed by atoms with Gasteiger partial charge in [0.2, 0.25) is 5.88 Å². The van der Waals surface area contributed by atoms with Gasteiger partial charge in [-0.2, -0.15) is 0 Å². The Morgan fingerprint density at radius 1 is 1.15 bits per heavy atom. The van der Waals surface area contributed by atoms with Gasteiger partial charge >= 0.3 is 6.03 Å². The molecule has 2 amide bonds. The number of carbonyl (C=O) groups is 1. The van der Waals surface area contributed by atoms with Crippen molar-refractivity contribution in [3.63, 3.8) is 0 Å². The number of imidazole rings is 1. The van der Waals surface area contributed by atoms with Crippen LogP contribution in [-0.2, 0) is 10.2 Å². The molecule has 1 unspecified atom stereocenters. The molecule has 40 heavy (non-hydrogen) atoms. The number of pyridine rings is 1. The van der Waals surface area contributed by atoms with Crippen molar-refractivity contribution in [1.29, 1.82) is 0 Å². The lowest BCUT2D eigenvalue weighted by Gasteiger charge is -2.54. The number of thiazole rings is 1. The van der Waals surface area contributed by atoms with Crippen molar-refractivity contribution in [3.05, 3.63) is 54.4 Å². The van der Waals surface area contributed by atoms with Gasteiger partial charge in [0.15, 0.2) is 10.8 Å². The molecule has 206 valence electrons. The summed E-state index contributed by atoms with van der Waals surface area (Å²) in [6, 6.07) is 13.4. The number of hydrogen-bond acceptors (Lipinski definition) is 9. The summed E-state index contributed by atoms with van der Waals surface area (Å²) in [5.41, 5.74) is 3.23. The Hall–Kier alpha value is -4.00. The van der Waals surface area contributed by atoms with Gasteiger partial charge in [-0.15, -0.1) is 0 Å². The second kappa shape index (κ2) is 9.58. The maximum absolute atomic E-state index is 12.4. The fourth-order valence-corrected chi connectivity index (χ4v) is 5.84. The summed E-state index contributed by atoms with van der Waals surface area (Å²) in [6.07, 6.45) is 2.44. The number of aromatic nitrogens is 4. The first-order chi connectivity index (χ1) is 19.3. The molecule has 0 bridgehead atoms. The van der Waals surface area contributed by atoms with Crippen molar-refractivity contribution in [3.8, 4) is 17.1 Å². The molecule has 7 rings (SSSR count). The summed E-state index contributed by atoms with van der Waals surface area (Å²) in [6.45, 7) is 9.39. The lowest BCUT2D eigenvalue weighted by Crippen LogP contribution is -2.70.